The molecule has 2 atom stereocenters. The fraction of sp³-hybridized carbons (Fsp3) is 0.353. The number of para-hydroxylation sites is 1. The molecule has 0 radical (unpaired) electrons. The van der Waals surface area contributed by atoms with Gasteiger partial charge in [0, 0.05) is 31.1 Å². The second-order valence-electron chi connectivity index (χ2n) is 5.90. The van der Waals surface area contributed by atoms with Gasteiger partial charge in [-0.1, -0.05) is 18.2 Å². The van der Waals surface area contributed by atoms with E-state index in [1.54, 1.807) is 0 Å². The molecule has 1 saturated carbocycles. The van der Waals surface area contributed by atoms with Crippen molar-refractivity contribution in [3.05, 3.63) is 48.3 Å². The van der Waals surface area contributed by atoms with Crippen molar-refractivity contribution >= 4 is 12.0 Å². The molecule has 2 aromatic rings. The molecule has 126 valence electrons. The van der Waals surface area contributed by atoms with E-state index in [-0.39, 0.29) is 24.4 Å². The number of nitrogens with one attached hydrogen (secondary N) is 2. The van der Waals surface area contributed by atoms with Gasteiger partial charge in [0.15, 0.2) is 0 Å². The lowest BCUT2D eigenvalue weighted by Crippen LogP contribution is -2.37. The zero-order chi connectivity index (χ0) is 16.9. The van der Waals surface area contributed by atoms with Gasteiger partial charge in [-0.3, -0.25) is 4.79 Å². The first-order valence-electron chi connectivity index (χ1n) is 7.99. The zero-order valence-corrected chi connectivity index (χ0v) is 13.2. The van der Waals surface area contributed by atoms with Crippen molar-refractivity contribution in [1.82, 2.24) is 20.4 Å². The molecule has 0 aliphatic heterocycles. The fourth-order valence-electron chi connectivity index (χ4n) is 2.63. The Morgan fingerprint density at radius 3 is 2.83 bits per heavy atom. The maximum absolute atomic E-state index is 11.8. The Hall–Kier alpha value is -2.83. The molecule has 7 nitrogen and oxygen atoms in total. The minimum Gasteiger partial charge on any atom is -0.481 e. The lowest BCUT2D eigenvalue weighted by atomic mass is 10.2. The highest BCUT2D eigenvalue weighted by atomic mass is 16.4. The van der Waals surface area contributed by atoms with Crippen molar-refractivity contribution in [2.75, 3.05) is 6.54 Å². The van der Waals surface area contributed by atoms with Crippen LogP contribution < -0.4 is 10.6 Å². The van der Waals surface area contributed by atoms with Crippen molar-refractivity contribution in [3.8, 4) is 5.69 Å². The first-order chi connectivity index (χ1) is 11.6. The first-order valence-corrected chi connectivity index (χ1v) is 7.99. The number of urea groups is 1. The van der Waals surface area contributed by atoms with Gasteiger partial charge in [-0.05, 0) is 30.5 Å². The molecule has 7 heteroatoms. The molecule has 1 aliphatic carbocycles. The van der Waals surface area contributed by atoms with Crippen LogP contribution in [0.15, 0.2) is 42.7 Å². The molecule has 3 rings (SSSR count). The van der Waals surface area contributed by atoms with E-state index in [2.05, 4.69) is 15.7 Å². The van der Waals surface area contributed by atoms with Crippen LogP contribution in [0.2, 0.25) is 0 Å². The first kappa shape index (κ1) is 16.0. The Balaban J connectivity index is 1.45. The van der Waals surface area contributed by atoms with Gasteiger partial charge in [-0.2, -0.15) is 5.10 Å². The quantitative estimate of drug-likeness (QED) is 0.676. The van der Waals surface area contributed by atoms with E-state index >= 15 is 0 Å². The Morgan fingerprint density at radius 2 is 2.08 bits per heavy atom. The third kappa shape index (κ3) is 4.13. The Kier molecular flexibility index (Phi) is 4.79. The van der Waals surface area contributed by atoms with Gasteiger partial charge in [0.05, 0.1) is 11.9 Å². The third-order valence-corrected chi connectivity index (χ3v) is 4.01. The highest BCUT2D eigenvalue weighted by Crippen LogP contribution is 2.40. The predicted molar refractivity (Wildman–Crippen MR) is 88.1 cm³/mol. The predicted octanol–water partition coefficient (Wildman–Crippen LogP) is 1.89. The maximum atomic E-state index is 11.8. The highest BCUT2D eigenvalue weighted by molar-refractivity contribution is 5.75. The summed E-state index contributed by atoms with van der Waals surface area (Å²) in [6.07, 6.45) is 5.21. The Bertz CT molecular complexity index is 714. The molecule has 1 fully saturated rings. The van der Waals surface area contributed by atoms with E-state index in [9.17, 15) is 9.59 Å². The number of aromatic nitrogens is 2. The normalized spacial score (nSPS) is 18.8. The van der Waals surface area contributed by atoms with E-state index in [1.807, 2.05) is 47.4 Å². The number of aliphatic carboxylic acids is 1. The number of nitrogens with zero attached hydrogens (tertiary/aromatic N) is 2. The molecule has 1 heterocycles. The number of rotatable bonds is 7. The van der Waals surface area contributed by atoms with Crippen molar-refractivity contribution in [2.45, 2.75) is 31.2 Å². The van der Waals surface area contributed by atoms with Crippen molar-refractivity contribution < 1.29 is 14.7 Å². The molecule has 0 spiro atoms. The van der Waals surface area contributed by atoms with E-state index < -0.39 is 5.97 Å². The summed E-state index contributed by atoms with van der Waals surface area (Å²) in [6.45, 7) is 0.363. The number of benzene rings is 1. The SMILES string of the molecule is O=C(O)CCCNC(=O)N[C@@H]1C[C@H]1c1cnn(-c2ccccc2)c1. The Labute approximate surface area is 139 Å². The monoisotopic (exact) mass is 328 g/mol. The molecule has 3 N–H and O–H groups in total. The van der Waals surface area contributed by atoms with Crippen molar-refractivity contribution in [2.24, 2.45) is 0 Å². The number of carbonyl (C=O) groups is 2. The molecule has 1 aromatic heterocycles. The maximum Gasteiger partial charge on any atom is 0.315 e. The average Bonchev–Trinajstić information content (AvgIpc) is 3.15. The summed E-state index contributed by atoms with van der Waals surface area (Å²) >= 11 is 0. The number of carboxylic acids is 1. The minimum absolute atomic E-state index is 0.0605. The van der Waals surface area contributed by atoms with E-state index in [0.717, 1.165) is 17.7 Å². The average molecular weight is 328 g/mol. The molecule has 0 bridgehead atoms. The molecule has 24 heavy (non-hydrogen) atoms. The summed E-state index contributed by atoms with van der Waals surface area (Å²) in [7, 11) is 0. The fourth-order valence-corrected chi connectivity index (χ4v) is 2.63. The van der Waals surface area contributed by atoms with Crippen LogP contribution in [-0.4, -0.2) is 39.5 Å². The number of amides is 2. The van der Waals surface area contributed by atoms with Gasteiger partial charge in [0.1, 0.15) is 0 Å². The second kappa shape index (κ2) is 7.16. The number of carbonyl (C=O) groups excluding carboxylic acids is 1. The zero-order valence-electron chi connectivity index (χ0n) is 13.2. The Morgan fingerprint density at radius 1 is 1.29 bits per heavy atom. The summed E-state index contributed by atoms with van der Waals surface area (Å²) in [6, 6.07) is 9.73. The van der Waals surface area contributed by atoms with Gasteiger partial charge in [0.25, 0.3) is 0 Å². The molecular formula is C17H20N4O3. The van der Waals surface area contributed by atoms with E-state index in [0.29, 0.717) is 13.0 Å². The van der Waals surface area contributed by atoms with Crippen LogP contribution in [0.1, 0.15) is 30.7 Å². The number of hydrogen-bond donors (Lipinski definition) is 3. The minimum atomic E-state index is -0.852. The van der Waals surface area contributed by atoms with Crippen LogP contribution in [-0.2, 0) is 4.79 Å². The molecular weight excluding hydrogens is 308 g/mol. The highest BCUT2D eigenvalue weighted by Gasteiger charge is 2.40. The van der Waals surface area contributed by atoms with Crippen LogP contribution in [0.5, 0.6) is 0 Å². The van der Waals surface area contributed by atoms with Crippen LogP contribution in [0, 0.1) is 0 Å². The molecule has 1 aromatic carbocycles. The summed E-state index contributed by atoms with van der Waals surface area (Å²) in [4.78, 5) is 22.2. The topological polar surface area (TPSA) is 96.2 Å². The summed E-state index contributed by atoms with van der Waals surface area (Å²) in [5.41, 5.74) is 2.11. The van der Waals surface area contributed by atoms with Gasteiger partial charge in [-0.15, -0.1) is 0 Å². The molecule has 2 amide bonds. The van der Waals surface area contributed by atoms with E-state index in [1.165, 1.54) is 0 Å². The standard InChI is InChI=1S/C17H20N4O3/c22-16(23)7-4-8-18-17(24)20-15-9-14(15)12-10-19-21(11-12)13-5-2-1-3-6-13/h1-3,5-6,10-11,14-15H,4,7-9H2,(H,22,23)(H2,18,20,24)/t14-,15+/m0/s1. The summed E-state index contributed by atoms with van der Waals surface area (Å²) < 4.78 is 1.83. The second-order valence-corrected chi connectivity index (χ2v) is 5.90. The molecule has 1 aliphatic rings. The summed E-state index contributed by atoms with van der Waals surface area (Å²) in [5, 5.41) is 18.5. The number of hydrogen-bond acceptors (Lipinski definition) is 3. The lowest BCUT2D eigenvalue weighted by molar-refractivity contribution is -0.137. The van der Waals surface area contributed by atoms with Crippen molar-refractivity contribution in [1.29, 1.82) is 0 Å². The van der Waals surface area contributed by atoms with Gasteiger partial charge >= 0.3 is 12.0 Å². The van der Waals surface area contributed by atoms with Crippen LogP contribution >= 0.6 is 0 Å². The molecule has 0 saturated heterocycles. The summed E-state index contributed by atoms with van der Waals surface area (Å²) in [5.74, 6) is -0.567. The smallest absolute Gasteiger partial charge is 0.315 e. The van der Waals surface area contributed by atoms with E-state index in [4.69, 9.17) is 5.11 Å². The molecule has 0 unspecified atom stereocenters. The van der Waals surface area contributed by atoms with Gasteiger partial charge in [-0.25, -0.2) is 9.48 Å². The van der Waals surface area contributed by atoms with Crippen LogP contribution in [0.4, 0.5) is 4.79 Å². The largest absolute Gasteiger partial charge is 0.481 e. The number of carboxylic acid groups (broad SMARTS) is 1. The lowest BCUT2D eigenvalue weighted by Gasteiger charge is -2.06. The van der Waals surface area contributed by atoms with Crippen LogP contribution in [0.3, 0.4) is 0 Å². The van der Waals surface area contributed by atoms with Crippen LogP contribution in [0.25, 0.3) is 5.69 Å². The van der Waals surface area contributed by atoms with Gasteiger partial charge < -0.3 is 15.7 Å². The third-order valence-electron chi connectivity index (χ3n) is 4.01. The van der Waals surface area contributed by atoms with Gasteiger partial charge in [0.2, 0.25) is 0 Å². The van der Waals surface area contributed by atoms with Crippen molar-refractivity contribution in [3.63, 3.8) is 0 Å².